The van der Waals surface area contributed by atoms with Crippen molar-refractivity contribution < 1.29 is 19.1 Å². The van der Waals surface area contributed by atoms with Crippen molar-refractivity contribution in [1.82, 2.24) is 15.3 Å². The number of methoxy groups -OCH3 is 1. The molecule has 0 radical (unpaired) electrons. The number of halogens is 1. The van der Waals surface area contributed by atoms with E-state index in [4.69, 9.17) is 15.2 Å². The van der Waals surface area contributed by atoms with Crippen LogP contribution in [0.25, 0.3) is 0 Å². The zero-order valence-corrected chi connectivity index (χ0v) is 20.7. The van der Waals surface area contributed by atoms with Gasteiger partial charge >= 0.3 is 6.09 Å². The lowest BCUT2D eigenvalue weighted by Crippen LogP contribution is -2.46. The summed E-state index contributed by atoms with van der Waals surface area (Å²) in [6.45, 7) is 6.88. The standard InChI is InChI=1S/C22H29BrN6O4/c1-22(2,3)33-21(31)26-13-7-9-29(10-8-13)16-6-5-14(32-4)11-15(16)27-20(30)18-19(24)25-12-17(23)28-18/h5-6,11-13H,7-10H2,1-4H3,(H2,24,25)(H,26,31)(H,27,30). The summed E-state index contributed by atoms with van der Waals surface area (Å²) in [5, 5.41) is 5.82. The number of nitrogen functional groups attached to an aromatic ring is 1. The minimum Gasteiger partial charge on any atom is -0.497 e. The van der Waals surface area contributed by atoms with Gasteiger partial charge in [-0.15, -0.1) is 0 Å². The molecule has 1 aliphatic heterocycles. The number of carbonyl (C=O) groups is 2. The lowest BCUT2D eigenvalue weighted by molar-refractivity contribution is 0.0497. The minimum atomic E-state index is -0.539. The number of piperidine rings is 1. The number of nitrogens with two attached hydrogens (primary N) is 1. The third-order valence-electron chi connectivity index (χ3n) is 4.99. The summed E-state index contributed by atoms with van der Waals surface area (Å²) in [7, 11) is 1.56. The number of alkyl carbamates (subject to hydrolysis) is 1. The first-order valence-corrected chi connectivity index (χ1v) is 11.4. The van der Waals surface area contributed by atoms with E-state index in [-0.39, 0.29) is 17.6 Å². The van der Waals surface area contributed by atoms with Gasteiger partial charge in [0.05, 0.1) is 24.7 Å². The molecule has 2 aromatic rings. The molecule has 1 aromatic heterocycles. The highest BCUT2D eigenvalue weighted by molar-refractivity contribution is 9.10. The zero-order chi connectivity index (χ0) is 24.2. The van der Waals surface area contributed by atoms with Crippen LogP contribution < -0.4 is 26.0 Å². The fraction of sp³-hybridized carbons (Fsp3) is 0.455. The predicted molar refractivity (Wildman–Crippen MR) is 130 cm³/mol. The van der Waals surface area contributed by atoms with Crippen molar-refractivity contribution in [3.63, 3.8) is 0 Å². The molecule has 0 aliphatic carbocycles. The first-order chi connectivity index (χ1) is 15.6. The van der Waals surface area contributed by atoms with Gasteiger partial charge in [0, 0.05) is 25.2 Å². The number of hydrogen-bond donors (Lipinski definition) is 3. The molecule has 0 saturated carbocycles. The summed E-state index contributed by atoms with van der Waals surface area (Å²) in [6.07, 6.45) is 2.50. The van der Waals surface area contributed by atoms with Gasteiger partial charge in [-0.25, -0.2) is 14.8 Å². The topological polar surface area (TPSA) is 132 Å². The van der Waals surface area contributed by atoms with E-state index in [9.17, 15) is 9.59 Å². The van der Waals surface area contributed by atoms with Crippen molar-refractivity contribution in [2.24, 2.45) is 0 Å². The number of amides is 2. The summed E-state index contributed by atoms with van der Waals surface area (Å²) >= 11 is 3.21. The Balaban J connectivity index is 1.72. The average Bonchev–Trinajstić information content (AvgIpc) is 2.74. The van der Waals surface area contributed by atoms with Crippen molar-refractivity contribution in [2.75, 3.05) is 36.1 Å². The SMILES string of the molecule is COc1ccc(N2CCC(NC(=O)OC(C)(C)C)CC2)c(NC(=O)c2nc(Br)cnc2N)c1. The number of carbonyl (C=O) groups excluding carboxylic acids is 2. The third kappa shape index (κ3) is 6.70. The third-order valence-corrected chi connectivity index (χ3v) is 5.38. The van der Waals surface area contributed by atoms with Gasteiger partial charge < -0.3 is 30.7 Å². The summed E-state index contributed by atoms with van der Waals surface area (Å²) in [6, 6.07) is 5.50. The second-order valence-electron chi connectivity index (χ2n) is 8.67. The summed E-state index contributed by atoms with van der Waals surface area (Å²) in [4.78, 5) is 35.2. The quantitative estimate of drug-likeness (QED) is 0.544. The van der Waals surface area contributed by atoms with Crippen LogP contribution >= 0.6 is 15.9 Å². The van der Waals surface area contributed by atoms with E-state index in [1.54, 1.807) is 13.2 Å². The van der Waals surface area contributed by atoms with Gasteiger partial charge in [0.25, 0.3) is 5.91 Å². The molecule has 1 aromatic carbocycles. The molecule has 11 heteroatoms. The van der Waals surface area contributed by atoms with Crippen molar-refractivity contribution in [3.8, 4) is 5.75 Å². The molecule has 10 nitrogen and oxygen atoms in total. The molecule has 2 heterocycles. The lowest BCUT2D eigenvalue weighted by Gasteiger charge is -2.35. The normalized spacial score (nSPS) is 14.5. The second-order valence-corrected chi connectivity index (χ2v) is 9.48. The molecule has 1 saturated heterocycles. The molecule has 2 amide bonds. The number of hydrogen-bond acceptors (Lipinski definition) is 8. The van der Waals surface area contributed by atoms with E-state index in [2.05, 4.69) is 41.4 Å². The summed E-state index contributed by atoms with van der Waals surface area (Å²) in [5.41, 5.74) is 6.73. The highest BCUT2D eigenvalue weighted by atomic mass is 79.9. The maximum atomic E-state index is 12.9. The maximum absolute atomic E-state index is 12.9. The molecule has 0 atom stereocenters. The van der Waals surface area contributed by atoms with Crippen molar-refractivity contribution >= 4 is 45.1 Å². The zero-order valence-electron chi connectivity index (χ0n) is 19.1. The molecule has 178 valence electrons. The first kappa shape index (κ1) is 24.6. The molecule has 0 unspecified atom stereocenters. The summed E-state index contributed by atoms with van der Waals surface area (Å²) in [5.74, 6) is 0.162. The second kappa shape index (κ2) is 10.2. The lowest BCUT2D eigenvalue weighted by atomic mass is 10.0. The fourth-order valence-corrected chi connectivity index (χ4v) is 3.76. The van der Waals surface area contributed by atoms with E-state index < -0.39 is 17.6 Å². The Bertz CT molecular complexity index is 1020. The summed E-state index contributed by atoms with van der Waals surface area (Å²) < 4.78 is 11.1. The molecule has 3 rings (SSSR count). The van der Waals surface area contributed by atoms with E-state index in [0.717, 1.165) is 18.5 Å². The van der Waals surface area contributed by atoms with Gasteiger partial charge in [-0.3, -0.25) is 4.79 Å². The first-order valence-electron chi connectivity index (χ1n) is 10.6. The Morgan fingerprint density at radius 2 is 1.94 bits per heavy atom. The van der Waals surface area contributed by atoms with Gasteiger partial charge in [0.1, 0.15) is 16.0 Å². The van der Waals surface area contributed by atoms with E-state index in [1.807, 2.05) is 32.9 Å². The van der Waals surface area contributed by atoms with E-state index in [0.29, 0.717) is 29.1 Å². The number of ether oxygens (including phenoxy) is 2. The number of nitrogens with zero attached hydrogens (tertiary/aromatic N) is 3. The van der Waals surface area contributed by atoms with E-state index in [1.165, 1.54) is 6.20 Å². The van der Waals surface area contributed by atoms with Crippen LogP contribution in [0, 0.1) is 0 Å². The molecular weight excluding hydrogens is 492 g/mol. The number of nitrogens with one attached hydrogen (secondary N) is 2. The molecule has 1 fully saturated rings. The van der Waals surface area contributed by atoms with Crippen LogP contribution in [-0.4, -0.2) is 53.8 Å². The van der Waals surface area contributed by atoms with Crippen molar-refractivity contribution in [2.45, 2.75) is 45.3 Å². The van der Waals surface area contributed by atoms with Crippen LogP contribution in [0.2, 0.25) is 0 Å². The fourth-order valence-electron chi connectivity index (χ4n) is 3.48. The van der Waals surface area contributed by atoms with Crippen molar-refractivity contribution in [3.05, 3.63) is 34.7 Å². The molecule has 1 aliphatic rings. The highest BCUT2D eigenvalue weighted by Crippen LogP contribution is 2.33. The van der Waals surface area contributed by atoms with E-state index >= 15 is 0 Å². The predicted octanol–water partition coefficient (Wildman–Crippen LogP) is 3.58. The smallest absolute Gasteiger partial charge is 0.407 e. The van der Waals surface area contributed by atoms with Gasteiger partial charge in [-0.05, 0) is 61.7 Å². The Labute approximate surface area is 201 Å². The van der Waals surface area contributed by atoms with Gasteiger partial charge in [-0.2, -0.15) is 0 Å². The van der Waals surface area contributed by atoms with Crippen LogP contribution in [0.1, 0.15) is 44.1 Å². The number of anilines is 3. The Morgan fingerprint density at radius 3 is 2.58 bits per heavy atom. The Kier molecular flexibility index (Phi) is 7.62. The maximum Gasteiger partial charge on any atom is 0.407 e. The average molecular weight is 521 g/mol. The van der Waals surface area contributed by atoms with Gasteiger partial charge in [-0.1, -0.05) is 0 Å². The molecule has 0 spiro atoms. The van der Waals surface area contributed by atoms with Crippen LogP contribution in [0.4, 0.5) is 22.0 Å². The highest BCUT2D eigenvalue weighted by Gasteiger charge is 2.25. The van der Waals surface area contributed by atoms with Crippen LogP contribution in [0.15, 0.2) is 29.0 Å². The molecule has 33 heavy (non-hydrogen) atoms. The molecule has 0 bridgehead atoms. The monoisotopic (exact) mass is 520 g/mol. The Morgan fingerprint density at radius 1 is 1.24 bits per heavy atom. The van der Waals surface area contributed by atoms with Gasteiger partial charge in [0.15, 0.2) is 11.5 Å². The number of rotatable bonds is 5. The number of aromatic nitrogens is 2. The Hall–Kier alpha value is -3.08. The van der Waals surface area contributed by atoms with Gasteiger partial charge in [0.2, 0.25) is 0 Å². The largest absolute Gasteiger partial charge is 0.497 e. The van der Waals surface area contributed by atoms with Crippen LogP contribution in [0.5, 0.6) is 5.75 Å². The minimum absolute atomic E-state index is 0.0177. The molecule has 4 N–H and O–H groups in total. The van der Waals surface area contributed by atoms with Crippen LogP contribution in [-0.2, 0) is 4.74 Å². The number of benzene rings is 1. The van der Waals surface area contributed by atoms with Crippen molar-refractivity contribution in [1.29, 1.82) is 0 Å². The molecular formula is C22H29BrN6O4. The van der Waals surface area contributed by atoms with Crippen LogP contribution in [0.3, 0.4) is 0 Å².